The van der Waals surface area contributed by atoms with E-state index in [9.17, 15) is 9.50 Å². The molecule has 0 saturated carbocycles. The van der Waals surface area contributed by atoms with E-state index in [0.717, 1.165) is 20.9 Å². The summed E-state index contributed by atoms with van der Waals surface area (Å²) in [5.41, 5.74) is 1.58. The number of aromatic nitrogens is 2. The molecular weight excluding hydrogens is 351 g/mol. The number of hydrogen-bond acceptors (Lipinski definition) is 5. The lowest BCUT2D eigenvalue weighted by Crippen LogP contribution is -1.82. The van der Waals surface area contributed by atoms with Gasteiger partial charge < -0.3 is 9.63 Å². The van der Waals surface area contributed by atoms with E-state index in [1.54, 1.807) is 48.2 Å². The van der Waals surface area contributed by atoms with Gasteiger partial charge >= 0.3 is 0 Å². The summed E-state index contributed by atoms with van der Waals surface area (Å²) in [6, 6.07) is 20.7. The zero-order valence-electron chi connectivity index (χ0n) is 13.5. The standard InChI is InChI=1S/C20H13FN2O2S/c21-15-5-11-18(12-6-15)26-17-9-3-13(4-10-17)19-22-20(25-23-19)14-1-7-16(24)8-2-14/h1-12,24H. The van der Waals surface area contributed by atoms with E-state index < -0.39 is 0 Å². The summed E-state index contributed by atoms with van der Waals surface area (Å²) in [5, 5.41) is 13.4. The topological polar surface area (TPSA) is 59.2 Å². The highest BCUT2D eigenvalue weighted by molar-refractivity contribution is 7.99. The Hall–Kier alpha value is -3.12. The Balaban J connectivity index is 1.52. The van der Waals surface area contributed by atoms with Crippen molar-refractivity contribution in [2.75, 3.05) is 0 Å². The van der Waals surface area contributed by atoms with Crippen molar-refractivity contribution in [3.63, 3.8) is 0 Å². The quantitative estimate of drug-likeness (QED) is 0.525. The Kier molecular flexibility index (Phi) is 4.41. The Morgan fingerprint density at radius 1 is 0.769 bits per heavy atom. The van der Waals surface area contributed by atoms with Gasteiger partial charge in [0.2, 0.25) is 5.82 Å². The largest absolute Gasteiger partial charge is 0.508 e. The second-order valence-corrected chi connectivity index (χ2v) is 6.70. The number of phenolic OH excluding ortho intramolecular Hbond substituents is 1. The molecule has 0 spiro atoms. The number of halogens is 1. The van der Waals surface area contributed by atoms with Gasteiger partial charge in [0.05, 0.1) is 0 Å². The van der Waals surface area contributed by atoms with Crippen molar-refractivity contribution in [1.82, 2.24) is 10.1 Å². The van der Waals surface area contributed by atoms with E-state index in [1.165, 1.54) is 12.1 Å². The van der Waals surface area contributed by atoms with Crippen molar-refractivity contribution >= 4 is 11.8 Å². The summed E-state index contributed by atoms with van der Waals surface area (Å²) >= 11 is 1.55. The second-order valence-electron chi connectivity index (χ2n) is 5.55. The van der Waals surface area contributed by atoms with Crippen LogP contribution in [0.4, 0.5) is 4.39 Å². The zero-order chi connectivity index (χ0) is 17.9. The Labute approximate surface area is 153 Å². The molecule has 0 aliphatic carbocycles. The first-order valence-electron chi connectivity index (χ1n) is 7.84. The summed E-state index contributed by atoms with van der Waals surface area (Å²) in [5.74, 6) is 0.824. The molecule has 6 heteroatoms. The summed E-state index contributed by atoms with van der Waals surface area (Å²) in [7, 11) is 0. The van der Waals surface area contributed by atoms with Gasteiger partial charge in [-0.05, 0) is 72.8 Å². The van der Waals surface area contributed by atoms with Crippen molar-refractivity contribution < 1.29 is 14.0 Å². The average Bonchev–Trinajstić information content (AvgIpc) is 3.15. The SMILES string of the molecule is Oc1ccc(-c2nc(-c3ccc(Sc4ccc(F)cc4)cc3)no2)cc1. The van der Waals surface area contributed by atoms with Gasteiger partial charge in [-0.3, -0.25) is 0 Å². The molecule has 128 valence electrons. The van der Waals surface area contributed by atoms with E-state index in [1.807, 2.05) is 24.3 Å². The molecule has 1 heterocycles. The Bertz CT molecular complexity index is 1010. The first-order chi connectivity index (χ1) is 12.7. The number of benzene rings is 3. The molecule has 26 heavy (non-hydrogen) atoms. The first kappa shape index (κ1) is 16.4. The third-order valence-electron chi connectivity index (χ3n) is 3.70. The van der Waals surface area contributed by atoms with Gasteiger partial charge in [0.1, 0.15) is 11.6 Å². The fourth-order valence-electron chi connectivity index (χ4n) is 2.37. The Morgan fingerprint density at radius 2 is 1.35 bits per heavy atom. The van der Waals surface area contributed by atoms with Crippen LogP contribution in [0.25, 0.3) is 22.8 Å². The van der Waals surface area contributed by atoms with Gasteiger partial charge in [-0.25, -0.2) is 4.39 Å². The fraction of sp³-hybridized carbons (Fsp3) is 0. The molecule has 0 aliphatic rings. The summed E-state index contributed by atoms with van der Waals surface area (Å²) in [6.07, 6.45) is 0. The lowest BCUT2D eigenvalue weighted by atomic mass is 10.2. The molecule has 1 aromatic heterocycles. The molecule has 0 radical (unpaired) electrons. The number of hydrogen-bond donors (Lipinski definition) is 1. The smallest absolute Gasteiger partial charge is 0.258 e. The first-order valence-corrected chi connectivity index (χ1v) is 8.66. The molecule has 0 unspecified atom stereocenters. The van der Waals surface area contributed by atoms with Crippen LogP contribution in [0.2, 0.25) is 0 Å². The van der Waals surface area contributed by atoms with Gasteiger partial charge in [-0.1, -0.05) is 16.9 Å². The van der Waals surface area contributed by atoms with Crippen LogP contribution >= 0.6 is 11.8 Å². The average molecular weight is 364 g/mol. The molecular formula is C20H13FN2O2S. The van der Waals surface area contributed by atoms with Crippen LogP contribution in [0, 0.1) is 5.82 Å². The molecule has 3 aromatic carbocycles. The summed E-state index contributed by atoms with van der Waals surface area (Å²) in [6.45, 7) is 0. The fourth-order valence-corrected chi connectivity index (χ4v) is 3.19. The van der Waals surface area contributed by atoms with Crippen molar-refractivity contribution in [2.24, 2.45) is 0 Å². The number of nitrogens with zero attached hydrogens (tertiary/aromatic N) is 2. The minimum absolute atomic E-state index is 0.183. The van der Waals surface area contributed by atoms with Gasteiger partial charge in [0.25, 0.3) is 5.89 Å². The molecule has 0 bridgehead atoms. The molecule has 4 rings (SSSR count). The maximum absolute atomic E-state index is 13.0. The molecule has 0 aliphatic heterocycles. The van der Waals surface area contributed by atoms with Gasteiger partial charge in [0, 0.05) is 20.9 Å². The third-order valence-corrected chi connectivity index (χ3v) is 4.72. The lowest BCUT2D eigenvalue weighted by molar-refractivity contribution is 0.432. The van der Waals surface area contributed by atoms with E-state index in [4.69, 9.17) is 4.52 Å². The molecule has 0 atom stereocenters. The highest BCUT2D eigenvalue weighted by Gasteiger charge is 2.11. The molecule has 1 N–H and O–H groups in total. The molecule has 4 aromatic rings. The highest BCUT2D eigenvalue weighted by atomic mass is 32.2. The normalized spacial score (nSPS) is 10.8. The van der Waals surface area contributed by atoms with Crippen LogP contribution in [0.1, 0.15) is 0 Å². The summed E-state index contributed by atoms with van der Waals surface area (Å²) in [4.78, 5) is 6.39. The van der Waals surface area contributed by atoms with Gasteiger partial charge in [-0.15, -0.1) is 0 Å². The minimum atomic E-state index is -0.244. The third kappa shape index (κ3) is 3.60. The lowest BCUT2D eigenvalue weighted by Gasteiger charge is -2.02. The maximum Gasteiger partial charge on any atom is 0.258 e. The van der Waals surface area contributed by atoms with E-state index >= 15 is 0 Å². The van der Waals surface area contributed by atoms with E-state index in [0.29, 0.717) is 11.7 Å². The zero-order valence-corrected chi connectivity index (χ0v) is 14.3. The molecule has 0 saturated heterocycles. The predicted octanol–water partition coefficient (Wildman–Crippen LogP) is 5.40. The van der Waals surface area contributed by atoms with Gasteiger partial charge in [0.15, 0.2) is 0 Å². The van der Waals surface area contributed by atoms with Crippen LogP contribution < -0.4 is 0 Å². The van der Waals surface area contributed by atoms with Crippen molar-refractivity contribution in [1.29, 1.82) is 0 Å². The van der Waals surface area contributed by atoms with E-state index in [-0.39, 0.29) is 11.6 Å². The highest BCUT2D eigenvalue weighted by Crippen LogP contribution is 2.30. The predicted molar refractivity (Wildman–Crippen MR) is 97.4 cm³/mol. The van der Waals surface area contributed by atoms with Crippen LogP contribution in [0.3, 0.4) is 0 Å². The van der Waals surface area contributed by atoms with Crippen molar-refractivity contribution in [2.45, 2.75) is 9.79 Å². The molecule has 0 amide bonds. The van der Waals surface area contributed by atoms with Crippen LogP contribution in [-0.4, -0.2) is 15.2 Å². The second kappa shape index (κ2) is 7.01. The summed E-state index contributed by atoms with van der Waals surface area (Å²) < 4.78 is 18.3. The van der Waals surface area contributed by atoms with Gasteiger partial charge in [-0.2, -0.15) is 4.98 Å². The molecule has 4 nitrogen and oxygen atoms in total. The number of rotatable bonds is 4. The molecule has 0 fully saturated rings. The Morgan fingerprint density at radius 3 is 2.00 bits per heavy atom. The van der Waals surface area contributed by atoms with Crippen molar-refractivity contribution in [3.8, 4) is 28.6 Å². The minimum Gasteiger partial charge on any atom is -0.508 e. The van der Waals surface area contributed by atoms with Crippen molar-refractivity contribution in [3.05, 3.63) is 78.6 Å². The van der Waals surface area contributed by atoms with Crippen LogP contribution in [0.15, 0.2) is 87.1 Å². The number of aromatic hydroxyl groups is 1. The number of phenols is 1. The van der Waals surface area contributed by atoms with E-state index in [2.05, 4.69) is 10.1 Å². The monoisotopic (exact) mass is 364 g/mol. The maximum atomic E-state index is 13.0. The van der Waals surface area contributed by atoms with Crippen LogP contribution in [-0.2, 0) is 0 Å². The van der Waals surface area contributed by atoms with Crippen LogP contribution in [0.5, 0.6) is 5.75 Å².